The zero-order chi connectivity index (χ0) is 17.4. The molecule has 0 saturated carbocycles. The Morgan fingerprint density at radius 3 is 3.00 bits per heavy atom. The van der Waals surface area contributed by atoms with E-state index in [0.717, 1.165) is 43.3 Å². The van der Waals surface area contributed by atoms with Crippen molar-refractivity contribution in [1.82, 2.24) is 14.5 Å². The van der Waals surface area contributed by atoms with E-state index in [0.29, 0.717) is 17.3 Å². The van der Waals surface area contributed by atoms with Gasteiger partial charge in [0.2, 0.25) is 0 Å². The van der Waals surface area contributed by atoms with Crippen LogP contribution in [0.1, 0.15) is 17.7 Å². The lowest BCUT2D eigenvalue weighted by molar-refractivity contribution is 0.345. The highest BCUT2D eigenvalue weighted by atomic mass is 16.5. The molecule has 0 amide bonds. The van der Waals surface area contributed by atoms with Crippen molar-refractivity contribution in [3.05, 3.63) is 52.1 Å². The first kappa shape index (κ1) is 15.7. The van der Waals surface area contributed by atoms with E-state index < -0.39 is 0 Å². The minimum absolute atomic E-state index is 0.182. The zero-order valence-corrected chi connectivity index (χ0v) is 14.4. The number of hydrogen-bond acceptors (Lipinski definition) is 6. The Balaban J connectivity index is 1.43. The van der Waals surface area contributed by atoms with Crippen LogP contribution in [0, 0.1) is 19.8 Å². The van der Waals surface area contributed by atoms with E-state index in [1.165, 1.54) is 4.57 Å². The summed E-state index contributed by atoms with van der Waals surface area (Å²) in [5, 5.41) is 3.39. The highest BCUT2D eigenvalue weighted by molar-refractivity contribution is 5.48. The molecule has 1 aliphatic heterocycles. The Kier molecular flexibility index (Phi) is 3.91. The topological polar surface area (TPSA) is 75.7 Å². The number of pyridine rings is 1. The lowest BCUT2D eigenvalue weighted by atomic mass is 10.1. The smallest absolute Gasteiger partial charge is 0.289 e. The summed E-state index contributed by atoms with van der Waals surface area (Å²) in [7, 11) is 0. The molecule has 1 aliphatic rings. The van der Waals surface area contributed by atoms with Crippen molar-refractivity contribution in [3.63, 3.8) is 0 Å². The van der Waals surface area contributed by atoms with Crippen LogP contribution in [0.4, 0.5) is 11.6 Å². The summed E-state index contributed by atoms with van der Waals surface area (Å²) < 4.78 is 6.57. The number of aryl methyl sites for hydroxylation is 2. The minimum atomic E-state index is -0.182. The summed E-state index contributed by atoms with van der Waals surface area (Å²) in [5.74, 6) is 2.79. The van der Waals surface area contributed by atoms with Crippen molar-refractivity contribution in [2.75, 3.05) is 29.9 Å². The standard InChI is InChI=1S/C18H21N5O2/c1-12-3-4-15(19-9-12)20-10-14-5-6-22(11-14)16-8-18(24)23-17(21-16)7-13(2)25-23/h3-4,7-9,14H,5-6,10-11H2,1-2H3,(H,19,20)/t14-/m1/s1. The van der Waals surface area contributed by atoms with Gasteiger partial charge >= 0.3 is 0 Å². The molecule has 1 N–H and O–H groups in total. The second-order valence-corrected chi connectivity index (χ2v) is 6.65. The SMILES string of the molecule is Cc1ccc(NC[C@H]2CCN(c3cc(=O)n4oc(C)cc4n3)C2)nc1. The summed E-state index contributed by atoms with van der Waals surface area (Å²) >= 11 is 0. The lowest BCUT2D eigenvalue weighted by Crippen LogP contribution is -2.25. The molecule has 0 aromatic carbocycles. The Morgan fingerprint density at radius 2 is 2.20 bits per heavy atom. The van der Waals surface area contributed by atoms with Crippen LogP contribution < -0.4 is 15.8 Å². The van der Waals surface area contributed by atoms with Gasteiger partial charge in [-0.15, -0.1) is 4.57 Å². The largest absolute Gasteiger partial charge is 0.375 e. The lowest BCUT2D eigenvalue weighted by Gasteiger charge is -2.17. The zero-order valence-electron chi connectivity index (χ0n) is 14.4. The molecule has 1 fully saturated rings. The van der Waals surface area contributed by atoms with Crippen LogP contribution in [-0.4, -0.2) is 34.2 Å². The molecule has 3 aromatic rings. The predicted octanol–water partition coefficient (Wildman–Crippen LogP) is 2.24. The van der Waals surface area contributed by atoms with E-state index in [-0.39, 0.29) is 5.56 Å². The van der Waals surface area contributed by atoms with Crippen LogP contribution in [-0.2, 0) is 0 Å². The molecule has 4 rings (SSSR count). The van der Waals surface area contributed by atoms with Crippen LogP contribution in [0.25, 0.3) is 5.65 Å². The number of nitrogens with one attached hydrogen (secondary N) is 1. The number of fused-ring (bicyclic) bond motifs is 1. The van der Waals surface area contributed by atoms with Gasteiger partial charge < -0.3 is 14.7 Å². The maximum atomic E-state index is 12.2. The van der Waals surface area contributed by atoms with E-state index >= 15 is 0 Å². The third-order valence-corrected chi connectivity index (χ3v) is 4.55. The normalized spacial score (nSPS) is 17.4. The first-order valence-electron chi connectivity index (χ1n) is 8.51. The van der Waals surface area contributed by atoms with Crippen molar-refractivity contribution in [3.8, 4) is 0 Å². The van der Waals surface area contributed by atoms with Gasteiger partial charge in [0, 0.05) is 38.0 Å². The first-order chi connectivity index (χ1) is 12.1. The first-order valence-corrected chi connectivity index (χ1v) is 8.51. The average molecular weight is 339 g/mol. The third kappa shape index (κ3) is 3.22. The number of anilines is 2. The Morgan fingerprint density at radius 1 is 1.32 bits per heavy atom. The highest BCUT2D eigenvalue weighted by Gasteiger charge is 2.24. The van der Waals surface area contributed by atoms with Gasteiger partial charge in [0.05, 0.1) is 0 Å². The Bertz CT molecular complexity index is 944. The molecule has 0 radical (unpaired) electrons. The van der Waals surface area contributed by atoms with Gasteiger partial charge in [-0.1, -0.05) is 6.07 Å². The molecule has 7 heteroatoms. The highest BCUT2D eigenvalue weighted by Crippen LogP contribution is 2.22. The van der Waals surface area contributed by atoms with E-state index in [1.54, 1.807) is 12.1 Å². The van der Waals surface area contributed by atoms with E-state index in [9.17, 15) is 4.79 Å². The van der Waals surface area contributed by atoms with Gasteiger partial charge in [-0.2, -0.15) is 0 Å². The minimum Gasteiger partial charge on any atom is -0.375 e. The molecule has 3 aromatic heterocycles. The molecule has 0 bridgehead atoms. The van der Waals surface area contributed by atoms with Crippen molar-refractivity contribution in [2.45, 2.75) is 20.3 Å². The molecule has 0 aliphatic carbocycles. The monoisotopic (exact) mass is 339 g/mol. The van der Waals surface area contributed by atoms with Gasteiger partial charge in [-0.05, 0) is 37.8 Å². The third-order valence-electron chi connectivity index (χ3n) is 4.55. The number of rotatable bonds is 4. The molecule has 1 saturated heterocycles. The molecule has 4 heterocycles. The van der Waals surface area contributed by atoms with Crippen LogP contribution in [0.5, 0.6) is 0 Å². The fourth-order valence-electron chi connectivity index (χ4n) is 3.20. The molecule has 0 spiro atoms. The van der Waals surface area contributed by atoms with Crippen LogP contribution in [0.15, 0.2) is 39.8 Å². The van der Waals surface area contributed by atoms with Crippen molar-refractivity contribution < 1.29 is 4.52 Å². The maximum Gasteiger partial charge on any atom is 0.289 e. The van der Waals surface area contributed by atoms with Crippen LogP contribution in [0.2, 0.25) is 0 Å². The second-order valence-electron chi connectivity index (χ2n) is 6.65. The van der Waals surface area contributed by atoms with Crippen LogP contribution in [0.3, 0.4) is 0 Å². The van der Waals surface area contributed by atoms with E-state index in [2.05, 4.69) is 26.3 Å². The summed E-state index contributed by atoms with van der Waals surface area (Å²) in [4.78, 5) is 23.3. The Labute approximate surface area is 145 Å². The molecular weight excluding hydrogens is 318 g/mol. The second kappa shape index (κ2) is 6.23. The van der Waals surface area contributed by atoms with Crippen LogP contribution >= 0.6 is 0 Å². The van der Waals surface area contributed by atoms with E-state index in [1.807, 2.05) is 26.1 Å². The maximum absolute atomic E-state index is 12.2. The van der Waals surface area contributed by atoms with Gasteiger partial charge in [-0.3, -0.25) is 4.79 Å². The Hall–Kier alpha value is -2.83. The summed E-state index contributed by atoms with van der Waals surface area (Å²) in [5.41, 5.74) is 1.53. The van der Waals surface area contributed by atoms with Gasteiger partial charge in [0.1, 0.15) is 17.4 Å². The molecule has 0 unspecified atom stereocenters. The van der Waals surface area contributed by atoms with Crippen molar-refractivity contribution in [2.24, 2.45) is 5.92 Å². The number of hydrogen-bond donors (Lipinski definition) is 1. The average Bonchev–Trinajstić information content (AvgIpc) is 3.20. The predicted molar refractivity (Wildman–Crippen MR) is 96.2 cm³/mol. The fourth-order valence-corrected chi connectivity index (χ4v) is 3.20. The van der Waals surface area contributed by atoms with Crippen molar-refractivity contribution >= 4 is 17.3 Å². The van der Waals surface area contributed by atoms with Gasteiger partial charge in [0.15, 0.2) is 5.65 Å². The molecular formula is C18H21N5O2. The quantitative estimate of drug-likeness (QED) is 0.786. The summed E-state index contributed by atoms with van der Waals surface area (Å²) in [6, 6.07) is 7.38. The van der Waals surface area contributed by atoms with E-state index in [4.69, 9.17) is 4.52 Å². The molecule has 130 valence electrons. The summed E-state index contributed by atoms with van der Waals surface area (Å²) in [6.07, 6.45) is 2.92. The van der Waals surface area contributed by atoms with Crippen molar-refractivity contribution in [1.29, 1.82) is 0 Å². The molecule has 1 atom stereocenters. The fraction of sp³-hybridized carbons (Fsp3) is 0.389. The van der Waals surface area contributed by atoms with Gasteiger partial charge in [-0.25, -0.2) is 9.97 Å². The molecule has 7 nitrogen and oxygen atoms in total. The number of nitrogens with zero attached hydrogens (tertiary/aromatic N) is 4. The molecule has 25 heavy (non-hydrogen) atoms. The number of aromatic nitrogens is 3. The summed E-state index contributed by atoms with van der Waals surface area (Å²) in [6.45, 7) is 6.47. The van der Waals surface area contributed by atoms with Gasteiger partial charge in [0.25, 0.3) is 5.56 Å².